The molecule has 0 saturated carbocycles. The minimum Gasteiger partial charge on any atom is -0.372 e. The van der Waals surface area contributed by atoms with Gasteiger partial charge in [-0.15, -0.1) is 0 Å². The molecule has 3 heteroatoms. The van der Waals surface area contributed by atoms with Crippen LogP contribution in [0.3, 0.4) is 0 Å². The molecule has 2 aliphatic rings. The summed E-state index contributed by atoms with van der Waals surface area (Å²) in [6.07, 6.45) is 2.69. The lowest BCUT2D eigenvalue weighted by molar-refractivity contribution is 0.564. The maximum atomic E-state index is 3.50. The molecule has 0 radical (unpaired) electrons. The summed E-state index contributed by atoms with van der Waals surface area (Å²) < 4.78 is 0. The fraction of sp³-hybridized carbons (Fsp3) is 0.625. The van der Waals surface area contributed by atoms with Gasteiger partial charge in [0.05, 0.1) is 0 Å². The van der Waals surface area contributed by atoms with Gasteiger partial charge in [0.2, 0.25) is 0 Å². The van der Waals surface area contributed by atoms with Crippen LogP contribution in [0.2, 0.25) is 0 Å². The van der Waals surface area contributed by atoms with Crippen molar-refractivity contribution in [3.05, 3.63) is 24.3 Å². The molecule has 0 aliphatic carbocycles. The van der Waals surface area contributed by atoms with Crippen molar-refractivity contribution < 1.29 is 0 Å². The molecule has 1 unspecified atom stereocenters. The predicted molar refractivity (Wildman–Crippen MR) is 82.1 cm³/mol. The van der Waals surface area contributed by atoms with Gasteiger partial charge >= 0.3 is 0 Å². The van der Waals surface area contributed by atoms with E-state index in [1.807, 2.05) is 0 Å². The molecular formula is C16H25N3. The van der Waals surface area contributed by atoms with Gasteiger partial charge in [-0.05, 0) is 49.6 Å². The molecule has 2 heterocycles. The highest BCUT2D eigenvalue weighted by atomic mass is 15.2. The second kappa shape index (κ2) is 5.83. The monoisotopic (exact) mass is 259 g/mol. The van der Waals surface area contributed by atoms with Gasteiger partial charge in [-0.1, -0.05) is 6.92 Å². The Bertz CT molecular complexity index is 395. The van der Waals surface area contributed by atoms with E-state index in [-0.39, 0.29) is 0 Å². The van der Waals surface area contributed by atoms with Crippen molar-refractivity contribution in [1.82, 2.24) is 5.32 Å². The molecule has 0 bridgehead atoms. The normalized spacial score (nSPS) is 24.6. The van der Waals surface area contributed by atoms with Gasteiger partial charge in [0.25, 0.3) is 0 Å². The summed E-state index contributed by atoms with van der Waals surface area (Å²) in [5, 5.41) is 3.50. The van der Waals surface area contributed by atoms with Crippen molar-refractivity contribution in [2.45, 2.75) is 19.8 Å². The number of benzene rings is 1. The van der Waals surface area contributed by atoms with E-state index in [2.05, 4.69) is 46.3 Å². The standard InChI is InChI=1S/C16H25N3/c1-14-12-17-8-11-19(13-14)16-6-4-15(5-7-16)18-9-2-3-10-18/h4-7,14,17H,2-3,8-13H2,1H3. The van der Waals surface area contributed by atoms with Crippen LogP contribution in [-0.4, -0.2) is 39.3 Å². The second-order valence-corrected chi connectivity index (χ2v) is 5.97. The lowest BCUT2D eigenvalue weighted by Gasteiger charge is -2.25. The fourth-order valence-electron chi connectivity index (χ4n) is 3.18. The number of anilines is 2. The first-order chi connectivity index (χ1) is 9.33. The van der Waals surface area contributed by atoms with E-state index in [9.17, 15) is 0 Å². The highest BCUT2D eigenvalue weighted by molar-refractivity contribution is 5.56. The van der Waals surface area contributed by atoms with Gasteiger partial charge in [-0.2, -0.15) is 0 Å². The molecule has 1 atom stereocenters. The Morgan fingerprint density at radius 3 is 2.26 bits per heavy atom. The number of nitrogens with one attached hydrogen (secondary N) is 1. The van der Waals surface area contributed by atoms with Crippen molar-refractivity contribution in [2.24, 2.45) is 5.92 Å². The molecule has 19 heavy (non-hydrogen) atoms. The topological polar surface area (TPSA) is 18.5 Å². The van der Waals surface area contributed by atoms with Crippen LogP contribution in [0.4, 0.5) is 11.4 Å². The van der Waals surface area contributed by atoms with Crippen LogP contribution >= 0.6 is 0 Å². The molecule has 2 fully saturated rings. The van der Waals surface area contributed by atoms with Crippen molar-refractivity contribution in [2.75, 3.05) is 49.1 Å². The third kappa shape index (κ3) is 3.03. The maximum absolute atomic E-state index is 3.50. The van der Waals surface area contributed by atoms with Crippen LogP contribution in [0.15, 0.2) is 24.3 Å². The minimum atomic E-state index is 0.723. The van der Waals surface area contributed by atoms with Crippen LogP contribution in [0, 0.1) is 5.92 Å². The summed E-state index contributed by atoms with van der Waals surface area (Å²) in [4.78, 5) is 5.01. The molecule has 1 aromatic rings. The molecule has 3 nitrogen and oxygen atoms in total. The molecule has 2 saturated heterocycles. The van der Waals surface area contributed by atoms with E-state index in [4.69, 9.17) is 0 Å². The lowest BCUT2D eigenvalue weighted by Crippen LogP contribution is -2.29. The first-order valence-corrected chi connectivity index (χ1v) is 7.63. The van der Waals surface area contributed by atoms with Gasteiger partial charge in [0, 0.05) is 44.1 Å². The Labute approximate surface area is 116 Å². The largest absolute Gasteiger partial charge is 0.372 e. The van der Waals surface area contributed by atoms with Gasteiger partial charge in [-0.3, -0.25) is 0 Å². The predicted octanol–water partition coefficient (Wildman–Crippen LogP) is 2.33. The van der Waals surface area contributed by atoms with Crippen LogP contribution < -0.4 is 15.1 Å². The van der Waals surface area contributed by atoms with Crippen LogP contribution in [0.25, 0.3) is 0 Å². The fourth-order valence-corrected chi connectivity index (χ4v) is 3.18. The smallest absolute Gasteiger partial charge is 0.0368 e. The Morgan fingerprint density at radius 2 is 1.58 bits per heavy atom. The number of hydrogen-bond acceptors (Lipinski definition) is 3. The summed E-state index contributed by atoms with van der Waals surface area (Å²) in [7, 11) is 0. The number of hydrogen-bond donors (Lipinski definition) is 1. The molecule has 0 spiro atoms. The van der Waals surface area contributed by atoms with Crippen LogP contribution in [0.5, 0.6) is 0 Å². The van der Waals surface area contributed by atoms with Crippen molar-refractivity contribution in [3.8, 4) is 0 Å². The summed E-state index contributed by atoms with van der Waals surface area (Å²) in [6.45, 7) is 9.29. The molecule has 0 amide bonds. The summed E-state index contributed by atoms with van der Waals surface area (Å²) in [6, 6.07) is 9.19. The number of rotatable bonds is 2. The third-order valence-corrected chi connectivity index (χ3v) is 4.27. The van der Waals surface area contributed by atoms with Gasteiger partial charge in [0.15, 0.2) is 0 Å². The first-order valence-electron chi connectivity index (χ1n) is 7.63. The number of nitrogens with zero attached hydrogens (tertiary/aromatic N) is 2. The lowest BCUT2D eigenvalue weighted by atomic mass is 10.1. The molecule has 2 aliphatic heterocycles. The van der Waals surface area contributed by atoms with E-state index in [1.165, 1.54) is 37.3 Å². The Balaban J connectivity index is 1.70. The highest BCUT2D eigenvalue weighted by Gasteiger charge is 2.16. The minimum absolute atomic E-state index is 0.723. The van der Waals surface area contributed by atoms with Crippen LogP contribution in [0.1, 0.15) is 19.8 Å². The van der Waals surface area contributed by atoms with Crippen molar-refractivity contribution >= 4 is 11.4 Å². The molecule has 104 valence electrons. The SMILES string of the molecule is CC1CNCCN(c2ccc(N3CCCC3)cc2)C1. The van der Waals surface area contributed by atoms with Crippen LogP contribution in [-0.2, 0) is 0 Å². The average Bonchev–Trinajstić information content (AvgIpc) is 2.88. The molecule has 0 aromatic heterocycles. The Kier molecular flexibility index (Phi) is 3.92. The highest BCUT2D eigenvalue weighted by Crippen LogP contribution is 2.24. The summed E-state index contributed by atoms with van der Waals surface area (Å²) >= 11 is 0. The van der Waals surface area contributed by atoms with E-state index in [0.29, 0.717) is 0 Å². The van der Waals surface area contributed by atoms with E-state index in [0.717, 1.165) is 32.1 Å². The third-order valence-electron chi connectivity index (χ3n) is 4.27. The van der Waals surface area contributed by atoms with E-state index < -0.39 is 0 Å². The summed E-state index contributed by atoms with van der Waals surface area (Å²) in [5.41, 5.74) is 2.76. The van der Waals surface area contributed by atoms with Gasteiger partial charge in [0.1, 0.15) is 0 Å². The molecule has 3 rings (SSSR count). The van der Waals surface area contributed by atoms with E-state index in [1.54, 1.807) is 0 Å². The molecule has 1 N–H and O–H groups in total. The zero-order valence-electron chi connectivity index (χ0n) is 11.9. The quantitative estimate of drug-likeness (QED) is 0.879. The summed E-state index contributed by atoms with van der Waals surface area (Å²) in [5.74, 6) is 0.723. The Hall–Kier alpha value is -1.22. The molecular weight excluding hydrogens is 234 g/mol. The second-order valence-electron chi connectivity index (χ2n) is 5.97. The average molecular weight is 259 g/mol. The maximum Gasteiger partial charge on any atom is 0.0368 e. The zero-order valence-corrected chi connectivity index (χ0v) is 11.9. The first kappa shape index (κ1) is 12.8. The van der Waals surface area contributed by atoms with Crippen molar-refractivity contribution in [1.29, 1.82) is 0 Å². The molecule has 1 aromatic carbocycles. The van der Waals surface area contributed by atoms with Gasteiger partial charge in [-0.25, -0.2) is 0 Å². The zero-order chi connectivity index (χ0) is 13.1. The van der Waals surface area contributed by atoms with Crippen molar-refractivity contribution in [3.63, 3.8) is 0 Å². The van der Waals surface area contributed by atoms with Gasteiger partial charge < -0.3 is 15.1 Å². The Morgan fingerprint density at radius 1 is 0.947 bits per heavy atom. The van der Waals surface area contributed by atoms with E-state index >= 15 is 0 Å².